The average molecular weight is 283 g/mol. The van der Waals surface area contributed by atoms with Gasteiger partial charge in [0, 0.05) is 5.69 Å². The summed E-state index contributed by atoms with van der Waals surface area (Å²) in [5.74, 6) is 0. The van der Waals surface area contributed by atoms with Crippen LogP contribution in [0, 0.1) is 0 Å². The number of rotatable bonds is 6. The highest BCUT2D eigenvalue weighted by Crippen LogP contribution is 2.20. The molecule has 0 aliphatic heterocycles. The molecule has 1 rings (SSSR count). The molecule has 4 heteroatoms. The molecule has 0 bridgehead atoms. The molecule has 1 aromatic rings. The Kier molecular flexibility index (Phi) is 5.41. The van der Waals surface area contributed by atoms with Crippen LogP contribution in [0.15, 0.2) is 24.3 Å². The summed E-state index contributed by atoms with van der Waals surface area (Å²) >= 11 is 0. The van der Waals surface area contributed by atoms with E-state index in [-0.39, 0.29) is 0 Å². The fraction of sp³-hybridized carbons (Fsp3) is 0.600. The summed E-state index contributed by atoms with van der Waals surface area (Å²) in [6.45, 7) is 7.26. The van der Waals surface area contributed by atoms with Crippen molar-refractivity contribution in [2.75, 3.05) is 4.72 Å². The minimum atomic E-state index is -3.34. The first-order valence-corrected chi connectivity index (χ1v) is 8.36. The summed E-state index contributed by atoms with van der Waals surface area (Å²) in [4.78, 5) is 0. The minimum Gasteiger partial charge on any atom is -0.283 e. The summed E-state index contributed by atoms with van der Waals surface area (Å²) in [6.07, 6.45) is 4.54. The molecule has 0 unspecified atom stereocenters. The molecule has 0 aliphatic rings. The predicted molar refractivity (Wildman–Crippen MR) is 82.0 cm³/mol. The highest BCUT2D eigenvalue weighted by molar-refractivity contribution is 7.94. The van der Waals surface area contributed by atoms with Gasteiger partial charge in [0.1, 0.15) is 0 Å². The first kappa shape index (κ1) is 16.0. The van der Waals surface area contributed by atoms with E-state index in [1.807, 2.05) is 18.2 Å². The molecule has 1 aromatic carbocycles. The van der Waals surface area contributed by atoms with Gasteiger partial charge in [-0.1, -0.05) is 31.9 Å². The molecule has 0 aliphatic carbocycles. The van der Waals surface area contributed by atoms with Crippen molar-refractivity contribution in [1.82, 2.24) is 0 Å². The van der Waals surface area contributed by atoms with Crippen molar-refractivity contribution in [2.24, 2.45) is 0 Å². The average Bonchev–Trinajstić information content (AvgIpc) is 2.27. The molecule has 0 atom stereocenters. The van der Waals surface area contributed by atoms with E-state index in [1.54, 1.807) is 26.8 Å². The van der Waals surface area contributed by atoms with Crippen LogP contribution in [-0.4, -0.2) is 13.2 Å². The molecule has 0 amide bonds. The molecule has 0 spiro atoms. The first-order chi connectivity index (χ1) is 8.76. The summed E-state index contributed by atoms with van der Waals surface area (Å²) < 4.78 is 26.0. The van der Waals surface area contributed by atoms with Crippen molar-refractivity contribution in [3.63, 3.8) is 0 Å². The van der Waals surface area contributed by atoms with E-state index in [1.165, 1.54) is 18.4 Å². The number of aryl methyl sites for hydroxylation is 1. The van der Waals surface area contributed by atoms with Crippen LogP contribution in [0.5, 0.6) is 0 Å². The lowest BCUT2D eigenvalue weighted by molar-refractivity contribution is 0.566. The molecule has 0 saturated carbocycles. The van der Waals surface area contributed by atoms with Gasteiger partial charge in [0.2, 0.25) is 10.0 Å². The number of hydrogen-bond acceptors (Lipinski definition) is 2. The van der Waals surface area contributed by atoms with E-state index >= 15 is 0 Å². The Hall–Kier alpha value is -1.03. The SMILES string of the molecule is CCCCCc1cccc(NS(=O)(=O)C(C)(C)C)c1. The molecule has 0 heterocycles. The molecule has 19 heavy (non-hydrogen) atoms. The number of sulfonamides is 1. The second kappa shape index (κ2) is 6.42. The van der Waals surface area contributed by atoms with E-state index in [9.17, 15) is 8.42 Å². The summed E-state index contributed by atoms with van der Waals surface area (Å²) in [6, 6.07) is 7.68. The van der Waals surface area contributed by atoms with Gasteiger partial charge in [0.25, 0.3) is 0 Å². The summed E-state index contributed by atoms with van der Waals surface area (Å²) in [5.41, 5.74) is 1.84. The summed E-state index contributed by atoms with van der Waals surface area (Å²) in [7, 11) is -3.34. The van der Waals surface area contributed by atoms with Crippen LogP contribution in [0.1, 0.15) is 52.5 Å². The van der Waals surface area contributed by atoms with Crippen LogP contribution in [0.25, 0.3) is 0 Å². The Morgan fingerprint density at radius 3 is 2.42 bits per heavy atom. The van der Waals surface area contributed by atoms with Crippen molar-refractivity contribution < 1.29 is 8.42 Å². The van der Waals surface area contributed by atoms with Gasteiger partial charge in [0.05, 0.1) is 4.75 Å². The zero-order chi connectivity index (χ0) is 14.5. The van der Waals surface area contributed by atoms with Gasteiger partial charge in [-0.2, -0.15) is 0 Å². The Balaban J connectivity index is 2.78. The van der Waals surface area contributed by atoms with Gasteiger partial charge >= 0.3 is 0 Å². The maximum absolute atomic E-state index is 12.1. The largest absolute Gasteiger partial charge is 0.283 e. The lowest BCUT2D eigenvalue weighted by Crippen LogP contribution is -2.33. The molecular weight excluding hydrogens is 258 g/mol. The molecule has 0 saturated heterocycles. The molecule has 0 fully saturated rings. The standard InChI is InChI=1S/C15H25NO2S/c1-5-6-7-9-13-10-8-11-14(12-13)16-19(17,18)15(2,3)4/h8,10-12,16H,5-7,9H2,1-4H3. The third-order valence-electron chi connectivity index (χ3n) is 3.05. The summed E-state index contributed by atoms with van der Waals surface area (Å²) in [5, 5.41) is 0. The van der Waals surface area contributed by atoms with Crippen molar-refractivity contribution in [2.45, 2.75) is 58.1 Å². The Morgan fingerprint density at radius 1 is 1.16 bits per heavy atom. The van der Waals surface area contributed by atoms with Crippen LogP contribution < -0.4 is 4.72 Å². The van der Waals surface area contributed by atoms with Gasteiger partial charge in [-0.05, 0) is 51.3 Å². The monoisotopic (exact) mass is 283 g/mol. The predicted octanol–water partition coefficient (Wildman–Crippen LogP) is 3.96. The number of hydrogen-bond donors (Lipinski definition) is 1. The highest BCUT2D eigenvalue weighted by Gasteiger charge is 2.28. The van der Waals surface area contributed by atoms with E-state index in [0.717, 1.165) is 12.8 Å². The van der Waals surface area contributed by atoms with Crippen LogP contribution in [0.2, 0.25) is 0 Å². The smallest absolute Gasteiger partial charge is 0.237 e. The Morgan fingerprint density at radius 2 is 1.84 bits per heavy atom. The van der Waals surface area contributed by atoms with E-state index in [2.05, 4.69) is 11.6 Å². The van der Waals surface area contributed by atoms with Crippen molar-refractivity contribution in [3.05, 3.63) is 29.8 Å². The molecule has 108 valence electrons. The number of nitrogens with one attached hydrogen (secondary N) is 1. The third kappa shape index (κ3) is 4.86. The molecule has 1 N–H and O–H groups in total. The zero-order valence-corrected chi connectivity index (χ0v) is 13.2. The Labute approximate surface area is 117 Å². The molecular formula is C15H25NO2S. The maximum atomic E-state index is 12.1. The number of anilines is 1. The van der Waals surface area contributed by atoms with Crippen molar-refractivity contribution in [3.8, 4) is 0 Å². The minimum absolute atomic E-state index is 0.656. The van der Waals surface area contributed by atoms with Gasteiger partial charge in [-0.3, -0.25) is 4.72 Å². The topological polar surface area (TPSA) is 46.2 Å². The van der Waals surface area contributed by atoms with E-state index < -0.39 is 14.8 Å². The highest BCUT2D eigenvalue weighted by atomic mass is 32.2. The van der Waals surface area contributed by atoms with Crippen LogP contribution in [0.4, 0.5) is 5.69 Å². The normalized spacial score (nSPS) is 12.4. The van der Waals surface area contributed by atoms with Gasteiger partial charge in [-0.25, -0.2) is 8.42 Å². The van der Waals surface area contributed by atoms with Crippen LogP contribution >= 0.6 is 0 Å². The van der Waals surface area contributed by atoms with Crippen LogP contribution in [0.3, 0.4) is 0 Å². The second-order valence-electron chi connectivity index (χ2n) is 5.88. The lowest BCUT2D eigenvalue weighted by atomic mass is 10.1. The van der Waals surface area contributed by atoms with Crippen LogP contribution in [-0.2, 0) is 16.4 Å². The van der Waals surface area contributed by atoms with Gasteiger partial charge in [0.15, 0.2) is 0 Å². The maximum Gasteiger partial charge on any atom is 0.237 e. The molecule has 3 nitrogen and oxygen atoms in total. The second-order valence-corrected chi connectivity index (χ2v) is 8.31. The van der Waals surface area contributed by atoms with E-state index in [4.69, 9.17) is 0 Å². The fourth-order valence-electron chi connectivity index (χ4n) is 1.68. The quantitative estimate of drug-likeness (QED) is 0.803. The van der Waals surface area contributed by atoms with Gasteiger partial charge in [-0.15, -0.1) is 0 Å². The third-order valence-corrected chi connectivity index (χ3v) is 5.17. The fourth-order valence-corrected chi connectivity index (χ4v) is 2.42. The first-order valence-electron chi connectivity index (χ1n) is 6.87. The zero-order valence-electron chi connectivity index (χ0n) is 12.4. The Bertz CT molecular complexity index is 501. The van der Waals surface area contributed by atoms with Crippen molar-refractivity contribution >= 4 is 15.7 Å². The van der Waals surface area contributed by atoms with Crippen molar-refractivity contribution in [1.29, 1.82) is 0 Å². The van der Waals surface area contributed by atoms with E-state index in [0.29, 0.717) is 5.69 Å². The molecule has 0 radical (unpaired) electrons. The molecule has 0 aromatic heterocycles. The van der Waals surface area contributed by atoms with Gasteiger partial charge < -0.3 is 0 Å². The number of benzene rings is 1. The lowest BCUT2D eigenvalue weighted by Gasteiger charge is -2.20. The number of unbranched alkanes of at least 4 members (excludes halogenated alkanes) is 2.